The van der Waals surface area contributed by atoms with Gasteiger partial charge >= 0.3 is 0 Å². The van der Waals surface area contributed by atoms with Gasteiger partial charge in [0.1, 0.15) is 0 Å². The molecule has 0 amide bonds. The molecular formula is C12H18Cl2N2. The van der Waals surface area contributed by atoms with Crippen LogP contribution in [0.25, 0.3) is 0 Å². The Balaban J connectivity index is 2.21. The molecule has 90 valence electrons. The Bertz CT molecular complexity index is 296. The summed E-state index contributed by atoms with van der Waals surface area (Å²) in [6.07, 6.45) is 2.45. The first kappa shape index (κ1) is 13.6. The van der Waals surface area contributed by atoms with Crippen LogP contribution < -0.4 is 10.6 Å². The maximum Gasteiger partial charge on any atom is 0.0441 e. The first-order valence-corrected chi connectivity index (χ1v) is 6.38. The van der Waals surface area contributed by atoms with E-state index in [1.165, 1.54) is 12.8 Å². The van der Waals surface area contributed by atoms with Crippen LogP contribution in [-0.2, 0) is 0 Å². The number of rotatable bonds is 7. The molecule has 0 atom stereocenters. The lowest BCUT2D eigenvalue weighted by molar-refractivity contribution is 0.652. The van der Waals surface area contributed by atoms with Crippen LogP contribution in [0.3, 0.4) is 0 Å². The summed E-state index contributed by atoms with van der Waals surface area (Å²) in [6.45, 7) is 5.09. The second-order valence-corrected chi connectivity index (χ2v) is 4.56. The van der Waals surface area contributed by atoms with Gasteiger partial charge in [0, 0.05) is 28.8 Å². The Labute approximate surface area is 107 Å². The van der Waals surface area contributed by atoms with Crippen LogP contribution in [0.15, 0.2) is 18.2 Å². The van der Waals surface area contributed by atoms with Crippen molar-refractivity contribution in [1.82, 2.24) is 5.32 Å². The Morgan fingerprint density at radius 1 is 1.00 bits per heavy atom. The van der Waals surface area contributed by atoms with Gasteiger partial charge in [-0.2, -0.15) is 0 Å². The molecule has 16 heavy (non-hydrogen) atoms. The van der Waals surface area contributed by atoms with Gasteiger partial charge in [-0.05, 0) is 31.2 Å². The number of hydrogen-bond donors (Lipinski definition) is 2. The summed E-state index contributed by atoms with van der Waals surface area (Å²) in [5, 5.41) is 7.95. The van der Waals surface area contributed by atoms with E-state index >= 15 is 0 Å². The first-order valence-electron chi connectivity index (χ1n) is 5.63. The van der Waals surface area contributed by atoms with Crippen LogP contribution in [-0.4, -0.2) is 19.6 Å². The largest absolute Gasteiger partial charge is 0.384 e. The van der Waals surface area contributed by atoms with E-state index in [2.05, 4.69) is 17.6 Å². The number of anilines is 1. The molecule has 0 aliphatic carbocycles. The van der Waals surface area contributed by atoms with Gasteiger partial charge in [0.25, 0.3) is 0 Å². The van der Waals surface area contributed by atoms with Crippen LogP contribution in [0.4, 0.5) is 5.69 Å². The predicted molar refractivity (Wildman–Crippen MR) is 72.7 cm³/mol. The number of unbranched alkanes of at least 4 members (excludes halogenated alkanes) is 1. The maximum atomic E-state index is 5.89. The molecule has 2 N–H and O–H groups in total. The van der Waals surface area contributed by atoms with E-state index in [0.717, 1.165) is 25.3 Å². The van der Waals surface area contributed by atoms with Gasteiger partial charge in [-0.15, -0.1) is 0 Å². The molecule has 0 saturated heterocycles. The van der Waals surface area contributed by atoms with Crippen molar-refractivity contribution in [3.8, 4) is 0 Å². The molecule has 0 unspecified atom stereocenters. The van der Waals surface area contributed by atoms with E-state index in [0.29, 0.717) is 10.0 Å². The highest BCUT2D eigenvalue weighted by Crippen LogP contribution is 2.21. The zero-order chi connectivity index (χ0) is 11.8. The highest BCUT2D eigenvalue weighted by atomic mass is 35.5. The van der Waals surface area contributed by atoms with Crippen molar-refractivity contribution in [2.24, 2.45) is 0 Å². The number of nitrogens with one attached hydrogen (secondary N) is 2. The van der Waals surface area contributed by atoms with Gasteiger partial charge in [0.05, 0.1) is 0 Å². The van der Waals surface area contributed by atoms with Crippen molar-refractivity contribution in [2.75, 3.05) is 25.0 Å². The lowest BCUT2D eigenvalue weighted by atomic mass is 10.3. The van der Waals surface area contributed by atoms with Crippen LogP contribution in [0.2, 0.25) is 10.0 Å². The topological polar surface area (TPSA) is 24.1 Å². The summed E-state index contributed by atoms with van der Waals surface area (Å²) in [4.78, 5) is 0. The highest BCUT2D eigenvalue weighted by molar-refractivity contribution is 6.35. The van der Waals surface area contributed by atoms with Crippen LogP contribution in [0, 0.1) is 0 Å². The molecule has 0 spiro atoms. The average Bonchev–Trinajstić information content (AvgIpc) is 2.22. The number of hydrogen-bond acceptors (Lipinski definition) is 2. The van der Waals surface area contributed by atoms with Crippen LogP contribution >= 0.6 is 23.2 Å². The first-order chi connectivity index (χ1) is 7.72. The van der Waals surface area contributed by atoms with E-state index in [4.69, 9.17) is 23.2 Å². The van der Waals surface area contributed by atoms with Gasteiger partial charge < -0.3 is 10.6 Å². The van der Waals surface area contributed by atoms with Crippen LogP contribution in [0.1, 0.15) is 19.8 Å². The zero-order valence-corrected chi connectivity index (χ0v) is 11.0. The molecule has 0 heterocycles. The molecule has 4 heteroatoms. The summed E-state index contributed by atoms with van der Waals surface area (Å²) in [5.74, 6) is 0. The van der Waals surface area contributed by atoms with Crippen LogP contribution in [0.5, 0.6) is 0 Å². The summed E-state index contributed by atoms with van der Waals surface area (Å²) < 4.78 is 0. The third kappa shape index (κ3) is 5.59. The molecule has 0 bridgehead atoms. The minimum absolute atomic E-state index is 0.661. The molecule has 0 aromatic heterocycles. The van der Waals surface area contributed by atoms with Crippen molar-refractivity contribution in [2.45, 2.75) is 19.8 Å². The number of halogens is 2. The van der Waals surface area contributed by atoms with Crippen molar-refractivity contribution in [3.05, 3.63) is 28.2 Å². The third-order valence-corrected chi connectivity index (χ3v) is 2.64. The molecule has 2 nitrogen and oxygen atoms in total. The summed E-state index contributed by atoms with van der Waals surface area (Å²) >= 11 is 11.8. The van der Waals surface area contributed by atoms with E-state index < -0.39 is 0 Å². The fourth-order valence-electron chi connectivity index (χ4n) is 1.38. The lowest BCUT2D eigenvalue weighted by Gasteiger charge is -2.08. The Kier molecular flexibility index (Phi) is 6.62. The highest BCUT2D eigenvalue weighted by Gasteiger charge is 1.97. The van der Waals surface area contributed by atoms with Gasteiger partial charge in [-0.3, -0.25) is 0 Å². The second-order valence-electron chi connectivity index (χ2n) is 3.69. The van der Waals surface area contributed by atoms with E-state index in [1.807, 2.05) is 12.1 Å². The average molecular weight is 261 g/mol. The molecule has 0 aliphatic rings. The maximum absolute atomic E-state index is 5.89. The van der Waals surface area contributed by atoms with E-state index in [-0.39, 0.29) is 0 Å². The molecule has 1 aromatic carbocycles. The summed E-state index contributed by atoms with van der Waals surface area (Å²) in [6, 6.07) is 5.48. The normalized spacial score (nSPS) is 10.4. The molecule has 0 aliphatic heterocycles. The van der Waals surface area contributed by atoms with E-state index in [1.54, 1.807) is 6.07 Å². The Morgan fingerprint density at radius 3 is 2.31 bits per heavy atom. The van der Waals surface area contributed by atoms with E-state index in [9.17, 15) is 0 Å². The molecule has 0 fully saturated rings. The number of benzene rings is 1. The third-order valence-electron chi connectivity index (χ3n) is 2.20. The minimum atomic E-state index is 0.661. The van der Waals surface area contributed by atoms with Crippen molar-refractivity contribution < 1.29 is 0 Å². The molecule has 0 saturated carbocycles. The van der Waals surface area contributed by atoms with Crippen molar-refractivity contribution in [3.63, 3.8) is 0 Å². The molecule has 1 rings (SSSR count). The fraction of sp³-hybridized carbons (Fsp3) is 0.500. The fourth-order valence-corrected chi connectivity index (χ4v) is 1.90. The minimum Gasteiger partial charge on any atom is -0.384 e. The Morgan fingerprint density at radius 2 is 1.69 bits per heavy atom. The van der Waals surface area contributed by atoms with Gasteiger partial charge in [0.2, 0.25) is 0 Å². The van der Waals surface area contributed by atoms with Gasteiger partial charge in [-0.25, -0.2) is 0 Å². The molecule has 0 radical (unpaired) electrons. The van der Waals surface area contributed by atoms with Gasteiger partial charge in [0.15, 0.2) is 0 Å². The monoisotopic (exact) mass is 260 g/mol. The second kappa shape index (κ2) is 7.77. The van der Waals surface area contributed by atoms with Gasteiger partial charge in [-0.1, -0.05) is 36.5 Å². The SMILES string of the molecule is CCCCNCCNc1cc(Cl)cc(Cl)c1. The molecule has 1 aromatic rings. The summed E-state index contributed by atoms with van der Waals surface area (Å²) in [5.41, 5.74) is 0.967. The zero-order valence-electron chi connectivity index (χ0n) is 9.52. The quantitative estimate of drug-likeness (QED) is 0.729. The Hall–Kier alpha value is -0.440. The smallest absolute Gasteiger partial charge is 0.0441 e. The van der Waals surface area contributed by atoms with Crippen molar-refractivity contribution in [1.29, 1.82) is 0 Å². The predicted octanol–water partition coefficient (Wildman–Crippen LogP) is 3.80. The summed E-state index contributed by atoms with van der Waals surface area (Å²) in [7, 11) is 0. The van der Waals surface area contributed by atoms with Crippen molar-refractivity contribution >= 4 is 28.9 Å². The molecular weight excluding hydrogens is 243 g/mol. The lowest BCUT2D eigenvalue weighted by Crippen LogP contribution is -2.23. The standard InChI is InChI=1S/C12H18Cl2N2/c1-2-3-4-15-5-6-16-12-8-10(13)7-11(14)9-12/h7-9,15-16H,2-6H2,1H3.